The summed E-state index contributed by atoms with van der Waals surface area (Å²) in [6.07, 6.45) is 1.85. The van der Waals surface area contributed by atoms with Crippen LogP contribution in [0, 0.1) is 0 Å². The highest BCUT2D eigenvalue weighted by Crippen LogP contribution is 2.24. The van der Waals surface area contributed by atoms with Crippen molar-refractivity contribution in [3.8, 4) is 0 Å². The Balaban J connectivity index is 2.64. The molecule has 0 radical (unpaired) electrons. The molecule has 0 atom stereocenters. The lowest BCUT2D eigenvalue weighted by atomic mass is 10.3. The normalized spacial score (nSPS) is 10.7. The van der Waals surface area contributed by atoms with E-state index in [4.69, 9.17) is 0 Å². The molecule has 0 aromatic carbocycles. The summed E-state index contributed by atoms with van der Waals surface area (Å²) >= 11 is 1.50. The molecule has 0 aliphatic rings. The summed E-state index contributed by atoms with van der Waals surface area (Å²) in [6.45, 7) is 2.86. The third kappa shape index (κ3) is 1.21. The molecule has 0 saturated carbocycles. The zero-order valence-electron chi connectivity index (χ0n) is 8.07. The second-order valence-corrected chi connectivity index (χ2v) is 3.77. The molecular formula is C9H11N3OS. The van der Waals surface area contributed by atoms with E-state index in [1.165, 1.54) is 11.3 Å². The van der Waals surface area contributed by atoms with Gasteiger partial charge in [0.05, 0.1) is 15.8 Å². The van der Waals surface area contributed by atoms with Gasteiger partial charge in [-0.05, 0) is 6.92 Å². The van der Waals surface area contributed by atoms with E-state index < -0.39 is 0 Å². The molecule has 0 aliphatic heterocycles. The van der Waals surface area contributed by atoms with Gasteiger partial charge in [-0.1, -0.05) is 0 Å². The summed E-state index contributed by atoms with van der Waals surface area (Å²) in [4.78, 5) is 15.7. The number of thiazole rings is 1. The molecule has 4 nitrogen and oxygen atoms in total. The van der Waals surface area contributed by atoms with Crippen LogP contribution in [0.1, 0.15) is 17.3 Å². The number of nitrogens with zero attached hydrogens (tertiary/aromatic N) is 2. The summed E-state index contributed by atoms with van der Waals surface area (Å²) in [7, 11) is 1.64. The van der Waals surface area contributed by atoms with Crippen molar-refractivity contribution in [1.29, 1.82) is 0 Å². The molecule has 0 unspecified atom stereocenters. The molecule has 0 saturated heterocycles. The molecule has 0 bridgehead atoms. The molecule has 14 heavy (non-hydrogen) atoms. The topological polar surface area (TPSA) is 46.9 Å². The van der Waals surface area contributed by atoms with E-state index in [1.807, 2.05) is 17.7 Å². The number of rotatable bonds is 2. The first-order chi connectivity index (χ1) is 6.77. The van der Waals surface area contributed by atoms with E-state index in [9.17, 15) is 4.79 Å². The minimum absolute atomic E-state index is 0.0496. The number of aryl methyl sites for hydroxylation is 1. The van der Waals surface area contributed by atoms with Gasteiger partial charge in [0.1, 0.15) is 0 Å². The third-order valence-corrected chi connectivity index (χ3v) is 3.01. The van der Waals surface area contributed by atoms with Crippen molar-refractivity contribution < 1.29 is 4.79 Å². The molecule has 2 aromatic heterocycles. The van der Waals surface area contributed by atoms with Gasteiger partial charge in [-0.15, -0.1) is 11.3 Å². The number of hydrogen-bond donors (Lipinski definition) is 1. The zero-order valence-corrected chi connectivity index (χ0v) is 8.89. The Kier molecular flexibility index (Phi) is 2.25. The van der Waals surface area contributed by atoms with Crippen molar-refractivity contribution >= 4 is 27.6 Å². The van der Waals surface area contributed by atoms with E-state index >= 15 is 0 Å². The lowest BCUT2D eigenvalue weighted by Crippen LogP contribution is -2.17. The molecule has 0 aliphatic carbocycles. The number of nitrogens with one attached hydrogen (secondary N) is 1. The van der Waals surface area contributed by atoms with Crippen molar-refractivity contribution in [3.05, 3.63) is 17.3 Å². The molecule has 5 heteroatoms. The first-order valence-electron chi connectivity index (χ1n) is 4.42. The average Bonchev–Trinajstić information content (AvgIpc) is 2.76. The molecule has 0 fully saturated rings. The summed E-state index contributed by atoms with van der Waals surface area (Å²) in [5, 5.41) is 2.63. The molecule has 2 aromatic rings. The van der Waals surface area contributed by atoms with Gasteiger partial charge in [0.15, 0.2) is 5.65 Å². The first kappa shape index (κ1) is 9.21. The van der Waals surface area contributed by atoms with Crippen molar-refractivity contribution in [2.75, 3.05) is 7.05 Å². The largest absolute Gasteiger partial charge is 0.355 e. The molecule has 0 spiro atoms. The van der Waals surface area contributed by atoms with Gasteiger partial charge >= 0.3 is 0 Å². The number of carbonyl (C=O) groups excluding carboxylic acids is 1. The van der Waals surface area contributed by atoms with Gasteiger partial charge in [0, 0.05) is 19.8 Å². The Morgan fingerprint density at radius 2 is 2.50 bits per heavy atom. The van der Waals surface area contributed by atoms with Gasteiger partial charge in [-0.25, -0.2) is 4.98 Å². The van der Waals surface area contributed by atoms with E-state index in [0.29, 0.717) is 5.56 Å². The molecule has 2 rings (SSSR count). The molecular weight excluding hydrogens is 198 g/mol. The van der Waals surface area contributed by atoms with E-state index in [-0.39, 0.29) is 5.91 Å². The fourth-order valence-electron chi connectivity index (χ4n) is 1.44. The number of amides is 1. The number of aromatic nitrogens is 2. The fraction of sp³-hybridized carbons (Fsp3) is 0.333. The van der Waals surface area contributed by atoms with Crippen LogP contribution in [0.4, 0.5) is 0 Å². The minimum atomic E-state index is -0.0496. The third-order valence-electron chi connectivity index (χ3n) is 2.16. The van der Waals surface area contributed by atoms with Crippen LogP contribution < -0.4 is 5.32 Å². The summed E-state index contributed by atoms with van der Waals surface area (Å²) in [5.74, 6) is -0.0496. The van der Waals surface area contributed by atoms with E-state index in [1.54, 1.807) is 12.6 Å². The maximum absolute atomic E-state index is 11.5. The smallest absolute Gasteiger partial charge is 0.254 e. The average molecular weight is 209 g/mol. The van der Waals surface area contributed by atoms with Crippen molar-refractivity contribution in [3.63, 3.8) is 0 Å². The Hall–Kier alpha value is -1.36. The molecule has 1 N–H and O–H groups in total. The van der Waals surface area contributed by atoms with Gasteiger partial charge in [-0.3, -0.25) is 4.79 Å². The molecule has 2 heterocycles. The number of carbonyl (C=O) groups is 1. The predicted molar refractivity (Wildman–Crippen MR) is 56.7 cm³/mol. The van der Waals surface area contributed by atoms with Crippen LogP contribution in [0.15, 0.2) is 11.7 Å². The summed E-state index contributed by atoms with van der Waals surface area (Å²) < 4.78 is 2.95. The van der Waals surface area contributed by atoms with Crippen molar-refractivity contribution in [2.45, 2.75) is 13.5 Å². The van der Waals surface area contributed by atoms with Crippen LogP contribution in [-0.4, -0.2) is 22.5 Å². The second-order valence-electron chi connectivity index (χ2n) is 2.91. The Labute approximate surface area is 85.6 Å². The van der Waals surface area contributed by atoms with E-state index in [2.05, 4.69) is 10.3 Å². The standard InChI is InChI=1S/C9H11N3OS/c1-3-12-4-6(9(13)10-2)7-8(12)11-5-14-7/h4-5H,3H2,1-2H3,(H,10,13). The van der Waals surface area contributed by atoms with Gasteiger partial charge in [0.25, 0.3) is 5.91 Å². The monoisotopic (exact) mass is 209 g/mol. The highest BCUT2D eigenvalue weighted by Gasteiger charge is 2.15. The van der Waals surface area contributed by atoms with Crippen LogP contribution >= 0.6 is 11.3 Å². The molecule has 1 amide bonds. The zero-order chi connectivity index (χ0) is 10.1. The lowest BCUT2D eigenvalue weighted by molar-refractivity contribution is 0.0964. The van der Waals surface area contributed by atoms with Gasteiger partial charge in [-0.2, -0.15) is 0 Å². The SMILES string of the molecule is CCn1cc(C(=O)NC)c2scnc21. The van der Waals surface area contributed by atoms with Gasteiger partial charge in [0.2, 0.25) is 0 Å². The first-order valence-corrected chi connectivity index (χ1v) is 5.30. The lowest BCUT2D eigenvalue weighted by Gasteiger charge is -1.95. The summed E-state index contributed by atoms with van der Waals surface area (Å²) in [6, 6.07) is 0. The van der Waals surface area contributed by atoms with Gasteiger partial charge < -0.3 is 9.88 Å². The van der Waals surface area contributed by atoms with Crippen LogP contribution in [0.3, 0.4) is 0 Å². The highest BCUT2D eigenvalue weighted by molar-refractivity contribution is 7.17. The van der Waals surface area contributed by atoms with Crippen LogP contribution in [0.25, 0.3) is 10.3 Å². The summed E-state index contributed by atoms with van der Waals surface area (Å²) in [5.41, 5.74) is 3.38. The maximum Gasteiger partial charge on any atom is 0.254 e. The Bertz CT molecular complexity index is 471. The Morgan fingerprint density at radius 1 is 1.71 bits per heavy atom. The van der Waals surface area contributed by atoms with Crippen molar-refractivity contribution in [1.82, 2.24) is 14.9 Å². The highest BCUT2D eigenvalue weighted by atomic mass is 32.1. The quantitative estimate of drug-likeness (QED) is 0.814. The molecule has 74 valence electrons. The maximum atomic E-state index is 11.5. The Morgan fingerprint density at radius 3 is 3.14 bits per heavy atom. The predicted octanol–water partition coefficient (Wildman–Crippen LogP) is 1.48. The van der Waals surface area contributed by atoms with E-state index in [0.717, 1.165) is 16.9 Å². The minimum Gasteiger partial charge on any atom is -0.355 e. The number of fused-ring (bicyclic) bond motifs is 1. The van der Waals surface area contributed by atoms with Crippen LogP contribution in [0.2, 0.25) is 0 Å². The van der Waals surface area contributed by atoms with Crippen molar-refractivity contribution in [2.24, 2.45) is 0 Å². The fourth-order valence-corrected chi connectivity index (χ4v) is 2.25. The second kappa shape index (κ2) is 3.42. The van der Waals surface area contributed by atoms with Crippen LogP contribution in [-0.2, 0) is 6.54 Å². The number of hydrogen-bond acceptors (Lipinski definition) is 3. The van der Waals surface area contributed by atoms with Crippen LogP contribution in [0.5, 0.6) is 0 Å².